The van der Waals surface area contributed by atoms with Crippen LogP contribution in [-0.4, -0.2) is 73.2 Å². The smallest absolute Gasteiger partial charge is 0.475 e. The Morgan fingerprint density at radius 3 is 2.17 bits per heavy atom. The summed E-state index contributed by atoms with van der Waals surface area (Å²) in [6, 6.07) is 10.2. The van der Waals surface area contributed by atoms with Crippen LogP contribution in [0.15, 0.2) is 53.5 Å². The van der Waals surface area contributed by atoms with E-state index in [1.807, 2.05) is 41.4 Å². The highest BCUT2D eigenvalue weighted by Gasteiger charge is 2.38. The zero-order valence-corrected chi connectivity index (χ0v) is 21.2. The molecular weight excluding hydrogens is 572 g/mol. The van der Waals surface area contributed by atoms with Gasteiger partial charge in [-0.1, -0.05) is 6.07 Å². The summed E-state index contributed by atoms with van der Waals surface area (Å²) >= 11 is 1.53. The maximum atomic E-state index is 12.1. The predicted octanol–water partition coefficient (Wildman–Crippen LogP) is 3.98. The molecule has 0 fully saturated rings. The van der Waals surface area contributed by atoms with Gasteiger partial charge in [0.25, 0.3) is 5.91 Å². The normalized spacial score (nSPS) is 15.0. The molecule has 3 N–H and O–H groups in total. The molecular formula is C23H23F6N5O5S. The number of aliphatic carboxylic acids is 2. The number of carboxylic acids is 2. The van der Waals surface area contributed by atoms with Crippen molar-refractivity contribution >= 4 is 29.2 Å². The molecule has 1 aliphatic rings. The summed E-state index contributed by atoms with van der Waals surface area (Å²) in [5.41, 5.74) is 3.02. The molecule has 1 aliphatic heterocycles. The molecule has 1 amide bonds. The van der Waals surface area contributed by atoms with Gasteiger partial charge in [0.2, 0.25) is 0 Å². The molecule has 4 rings (SSSR count). The molecule has 0 saturated carbocycles. The number of pyridine rings is 1. The van der Waals surface area contributed by atoms with Crippen LogP contribution < -0.4 is 5.32 Å². The summed E-state index contributed by atoms with van der Waals surface area (Å²) in [6.45, 7) is 3.23. The van der Waals surface area contributed by atoms with Crippen molar-refractivity contribution in [3.63, 3.8) is 0 Å². The van der Waals surface area contributed by atoms with E-state index in [9.17, 15) is 31.1 Å². The average molecular weight is 596 g/mol. The first-order chi connectivity index (χ1) is 18.7. The van der Waals surface area contributed by atoms with E-state index in [0.717, 1.165) is 37.3 Å². The van der Waals surface area contributed by atoms with Crippen molar-refractivity contribution in [3.05, 3.63) is 70.4 Å². The molecule has 218 valence electrons. The van der Waals surface area contributed by atoms with Crippen LogP contribution in [0.1, 0.15) is 34.2 Å². The molecule has 0 saturated heterocycles. The van der Waals surface area contributed by atoms with Gasteiger partial charge in [0.15, 0.2) is 0 Å². The van der Waals surface area contributed by atoms with E-state index in [4.69, 9.17) is 19.8 Å². The maximum Gasteiger partial charge on any atom is 0.490 e. The molecule has 0 bridgehead atoms. The number of halogens is 6. The highest BCUT2D eigenvalue weighted by Crippen LogP contribution is 2.24. The molecule has 3 aromatic rings. The van der Waals surface area contributed by atoms with E-state index in [0.29, 0.717) is 6.54 Å². The summed E-state index contributed by atoms with van der Waals surface area (Å²) in [5, 5.41) is 25.5. The minimum Gasteiger partial charge on any atom is -0.475 e. The number of hydrogen-bond acceptors (Lipinski definition) is 7. The van der Waals surface area contributed by atoms with Gasteiger partial charge < -0.3 is 15.5 Å². The Hall–Kier alpha value is -3.99. The lowest BCUT2D eigenvalue weighted by Gasteiger charge is -2.33. The highest BCUT2D eigenvalue weighted by atomic mass is 32.1. The third kappa shape index (κ3) is 10.6. The van der Waals surface area contributed by atoms with Crippen LogP contribution in [0.25, 0.3) is 0 Å². The van der Waals surface area contributed by atoms with Crippen molar-refractivity contribution in [2.45, 2.75) is 37.9 Å². The number of alkyl halides is 6. The number of amides is 1. The Morgan fingerprint density at radius 1 is 1.00 bits per heavy atom. The molecule has 1 atom stereocenters. The Morgan fingerprint density at radius 2 is 1.65 bits per heavy atom. The molecule has 3 aromatic heterocycles. The van der Waals surface area contributed by atoms with Crippen molar-refractivity contribution in [2.75, 3.05) is 13.1 Å². The second-order valence-electron chi connectivity index (χ2n) is 8.07. The van der Waals surface area contributed by atoms with Gasteiger partial charge in [-0.3, -0.25) is 19.4 Å². The highest BCUT2D eigenvalue weighted by molar-refractivity contribution is 7.08. The molecule has 4 heterocycles. The first-order valence-corrected chi connectivity index (χ1v) is 12.2. The van der Waals surface area contributed by atoms with Gasteiger partial charge in [0, 0.05) is 49.5 Å². The number of carboxylic acid groups (broad SMARTS) is 2. The molecule has 0 spiro atoms. The molecule has 0 radical (unpaired) electrons. The molecule has 1 unspecified atom stereocenters. The van der Waals surface area contributed by atoms with Crippen molar-refractivity contribution in [2.24, 2.45) is 0 Å². The fraction of sp³-hybridized carbons (Fsp3) is 0.348. The number of aromatic nitrogens is 3. The number of fused-ring (bicyclic) bond motifs is 1. The maximum absolute atomic E-state index is 12.1. The molecule has 17 heteroatoms. The van der Waals surface area contributed by atoms with Gasteiger partial charge in [0.1, 0.15) is 0 Å². The summed E-state index contributed by atoms with van der Waals surface area (Å²) in [6.07, 6.45) is -5.62. The van der Waals surface area contributed by atoms with Gasteiger partial charge in [-0.2, -0.15) is 42.8 Å². The fourth-order valence-corrected chi connectivity index (χ4v) is 4.00. The zero-order chi connectivity index (χ0) is 29.9. The lowest BCUT2D eigenvalue weighted by atomic mass is 10.1. The molecule has 0 aromatic carbocycles. The largest absolute Gasteiger partial charge is 0.490 e. The van der Waals surface area contributed by atoms with Crippen LogP contribution in [0.3, 0.4) is 0 Å². The van der Waals surface area contributed by atoms with Crippen LogP contribution in [0.2, 0.25) is 0 Å². The van der Waals surface area contributed by atoms with E-state index < -0.39 is 24.3 Å². The van der Waals surface area contributed by atoms with Crippen molar-refractivity contribution in [1.82, 2.24) is 25.0 Å². The van der Waals surface area contributed by atoms with E-state index in [-0.39, 0.29) is 11.9 Å². The van der Waals surface area contributed by atoms with Gasteiger partial charge in [-0.05, 0) is 36.1 Å². The number of nitrogens with one attached hydrogen (secondary N) is 1. The Kier molecular flexibility index (Phi) is 11.6. The van der Waals surface area contributed by atoms with Gasteiger partial charge in [-0.25, -0.2) is 9.59 Å². The zero-order valence-electron chi connectivity index (χ0n) is 20.4. The van der Waals surface area contributed by atoms with Crippen molar-refractivity contribution in [1.29, 1.82) is 0 Å². The summed E-state index contributed by atoms with van der Waals surface area (Å²) < 4.78 is 65.6. The van der Waals surface area contributed by atoms with Gasteiger partial charge >= 0.3 is 24.3 Å². The second kappa shape index (κ2) is 14.4. The van der Waals surface area contributed by atoms with E-state index in [1.165, 1.54) is 17.0 Å². The second-order valence-corrected chi connectivity index (χ2v) is 8.85. The number of nitrogens with zero attached hydrogens (tertiary/aromatic N) is 4. The minimum absolute atomic E-state index is 0.00640. The van der Waals surface area contributed by atoms with Crippen molar-refractivity contribution in [3.8, 4) is 0 Å². The lowest BCUT2D eigenvalue weighted by molar-refractivity contribution is -0.193. The first kappa shape index (κ1) is 32.2. The minimum atomic E-state index is -5.08. The van der Waals surface area contributed by atoms with Crippen LogP contribution in [0.4, 0.5) is 26.3 Å². The topological polar surface area (TPSA) is 138 Å². The molecule has 40 heavy (non-hydrogen) atoms. The molecule has 10 nitrogen and oxygen atoms in total. The third-order valence-corrected chi connectivity index (χ3v) is 5.78. The third-order valence-electron chi connectivity index (χ3n) is 5.10. The number of thiophene rings is 1. The Bertz CT molecular complexity index is 1210. The van der Waals surface area contributed by atoms with Crippen LogP contribution in [0.5, 0.6) is 0 Å². The quantitative estimate of drug-likeness (QED) is 0.364. The number of hydrogen-bond donors (Lipinski definition) is 3. The van der Waals surface area contributed by atoms with E-state index in [1.54, 1.807) is 0 Å². The number of rotatable bonds is 6. The fourth-order valence-electron chi connectivity index (χ4n) is 3.37. The SMILES string of the molecule is O=C(NCCC1CN(Cc2ccccn2)Cc2ccnn21)c1ccsc1.O=C(O)C(F)(F)F.O=C(O)C(F)(F)F. The van der Waals surface area contributed by atoms with Crippen LogP contribution in [0, 0.1) is 0 Å². The number of carbonyl (C=O) groups is 3. The summed E-state index contributed by atoms with van der Waals surface area (Å²) in [5.74, 6) is -5.52. The van der Waals surface area contributed by atoms with Crippen LogP contribution >= 0.6 is 11.3 Å². The van der Waals surface area contributed by atoms with E-state index >= 15 is 0 Å². The lowest BCUT2D eigenvalue weighted by Crippen LogP contribution is -2.39. The Balaban J connectivity index is 0.000000333. The van der Waals surface area contributed by atoms with Crippen LogP contribution in [-0.2, 0) is 22.7 Å². The summed E-state index contributed by atoms with van der Waals surface area (Å²) in [4.78, 5) is 36.7. The number of carbonyl (C=O) groups excluding carboxylic acids is 1. The predicted molar refractivity (Wildman–Crippen MR) is 128 cm³/mol. The standard InChI is InChI=1S/C19H21N5OS.2C2HF3O2/c25-19(15-6-10-26-14-15)21-8-4-17-12-23(11-16-3-1-2-7-20-16)13-18-5-9-22-24(17)18;2*3-2(4,5)1(6)7/h1-3,5-7,9-10,14,17H,4,8,11-13H2,(H,21,25);2*(H,6,7). The summed E-state index contributed by atoms with van der Waals surface area (Å²) in [7, 11) is 0. The van der Waals surface area contributed by atoms with Gasteiger partial charge in [-0.15, -0.1) is 0 Å². The average Bonchev–Trinajstić information content (AvgIpc) is 3.57. The first-order valence-electron chi connectivity index (χ1n) is 11.2. The Labute approximate surface area is 226 Å². The van der Waals surface area contributed by atoms with Crippen molar-refractivity contribution < 1.29 is 50.9 Å². The van der Waals surface area contributed by atoms with Gasteiger partial charge in [0.05, 0.1) is 17.4 Å². The van der Waals surface area contributed by atoms with E-state index in [2.05, 4.69) is 37.1 Å². The monoisotopic (exact) mass is 595 g/mol. The molecule has 0 aliphatic carbocycles.